The van der Waals surface area contributed by atoms with Crippen LogP contribution in [0.3, 0.4) is 0 Å². The van der Waals surface area contributed by atoms with Crippen LogP contribution in [-0.4, -0.2) is 37.7 Å². The van der Waals surface area contributed by atoms with Gasteiger partial charge in [0.25, 0.3) is 5.56 Å². The summed E-state index contributed by atoms with van der Waals surface area (Å²) in [5, 5.41) is 3.93. The Labute approximate surface area is 138 Å². The van der Waals surface area contributed by atoms with Crippen molar-refractivity contribution in [3.63, 3.8) is 0 Å². The molecule has 0 aromatic carbocycles. The van der Waals surface area contributed by atoms with Crippen molar-refractivity contribution in [1.29, 1.82) is 0 Å². The lowest BCUT2D eigenvalue weighted by Crippen LogP contribution is -2.42. The molecule has 1 aliphatic rings. The number of aromatic nitrogens is 3. The first-order valence-corrected chi connectivity index (χ1v) is 8.02. The lowest BCUT2D eigenvalue weighted by molar-refractivity contribution is 0.00935. The molecule has 3 rings (SSSR count). The lowest BCUT2D eigenvalue weighted by atomic mass is 9.96. The van der Waals surface area contributed by atoms with Crippen molar-refractivity contribution < 1.29 is 13.9 Å². The maximum atomic E-state index is 14.6. The molecular formula is C16H21FN4O3. The van der Waals surface area contributed by atoms with Gasteiger partial charge in [-0.25, -0.2) is 13.7 Å². The Balaban J connectivity index is 2.05. The van der Waals surface area contributed by atoms with E-state index in [1.165, 1.54) is 21.9 Å². The summed E-state index contributed by atoms with van der Waals surface area (Å²) in [6, 6.07) is -0.538. The summed E-state index contributed by atoms with van der Waals surface area (Å²) < 4.78 is 21.2. The van der Waals surface area contributed by atoms with Crippen molar-refractivity contribution in [1.82, 2.24) is 19.5 Å². The Morgan fingerprint density at radius 1 is 1.42 bits per heavy atom. The number of carbonyl (C=O) groups is 1. The predicted octanol–water partition coefficient (Wildman–Crippen LogP) is 2.62. The molecule has 24 heavy (non-hydrogen) atoms. The third kappa shape index (κ3) is 3.00. The maximum absolute atomic E-state index is 14.6. The number of piperidine rings is 1. The molecule has 0 bridgehead atoms. The van der Waals surface area contributed by atoms with Crippen LogP contribution in [0.5, 0.6) is 0 Å². The summed E-state index contributed by atoms with van der Waals surface area (Å²) in [5.74, 6) is -0.542. The monoisotopic (exact) mass is 336 g/mol. The van der Waals surface area contributed by atoms with E-state index in [4.69, 9.17) is 4.74 Å². The molecule has 2 aromatic heterocycles. The Morgan fingerprint density at radius 3 is 2.88 bits per heavy atom. The molecule has 0 radical (unpaired) electrons. The van der Waals surface area contributed by atoms with E-state index in [2.05, 4.69) is 10.1 Å². The zero-order chi connectivity index (χ0) is 17.5. The van der Waals surface area contributed by atoms with Gasteiger partial charge < -0.3 is 14.6 Å². The molecule has 1 saturated heterocycles. The highest BCUT2D eigenvalue weighted by Crippen LogP contribution is 2.35. The molecule has 1 aliphatic heterocycles. The summed E-state index contributed by atoms with van der Waals surface area (Å²) in [7, 11) is 0. The number of fused-ring (bicyclic) bond motifs is 1. The normalized spacial score (nSPS) is 18.8. The number of carbonyl (C=O) groups excluding carboxylic acids is 1. The molecule has 3 heterocycles. The summed E-state index contributed by atoms with van der Waals surface area (Å²) in [6.07, 6.45) is 4.12. The topological polar surface area (TPSA) is 79.7 Å². The summed E-state index contributed by atoms with van der Waals surface area (Å²) in [6.45, 7) is 5.82. The molecule has 0 aliphatic carbocycles. The van der Waals surface area contributed by atoms with Gasteiger partial charge in [-0.15, -0.1) is 0 Å². The Morgan fingerprint density at radius 2 is 2.17 bits per heavy atom. The van der Waals surface area contributed by atoms with Gasteiger partial charge in [0.15, 0.2) is 0 Å². The fourth-order valence-corrected chi connectivity index (χ4v) is 3.10. The fourth-order valence-electron chi connectivity index (χ4n) is 3.10. The van der Waals surface area contributed by atoms with Crippen molar-refractivity contribution in [2.45, 2.75) is 51.7 Å². The molecule has 7 nitrogen and oxygen atoms in total. The van der Waals surface area contributed by atoms with Crippen LogP contribution in [-0.2, 0) is 4.74 Å². The first-order chi connectivity index (χ1) is 11.3. The number of rotatable bonds is 1. The van der Waals surface area contributed by atoms with Crippen molar-refractivity contribution in [2.24, 2.45) is 0 Å². The number of ether oxygens (including phenoxy) is 1. The van der Waals surface area contributed by atoms with Crippen molar-refractivity contribution in [2.75, 3.05) is 6.54 Å². The van der Waals surface area contributed by atoms with Gasteiger partial charge in [0.05, 0.1) is 12.2 Å². The highest BCUT2D eigenvalue weighted by Gasteiger charge is 2.35. The van der Waals surface area contributed by atoms with Gasteiger partial charge in [-0.05, 0) is 40.0 Å². The molecule has 2 aromatic rings. The Kier molecular flexibility index (Phi) is 4.06. The van der Waals surface area contributed by atoms with Crippen LogP contribution in [0.25, 0.3) is 5.52 Å². The smallest absolute Gasteiger partial charge is 0.410 e. The molecule has 130 valence electrons. The largest absolute Gasteiger partial charge is 0.444 e. The van der Waals surface area contributed by atoms with E-state index in [0.717, 1.165) is 12.8 Å². The zero-order valence-corrected chi connectivity index (χ0v) is 14.0. The number of aromatic amines is 1. The number of likely N-dealkylation sites (tertiary alicyclic amines) is 1. The third-order valence-electron chi connectivity index (χ3n) is 4.03. The fraction of sp³-hybridized carbons (Fsp3) is 0.562. The predicted molar refractivity (Wildman–Crippen MR) is 85.3 cm³/mol. The highest BCUT2D eigenvalue weighted by atomic mass is 19.1. The molecule has 8 heteroatoms. The minimum atomic E-state index is -0.639. The molecule has 0 spiro atoms. The Bertz CT molecular complexity index is 821. The van der Waals surface area contributed by atoms with E-state index in [1.807, 2.05) is 0 Å². The van der Waals surface area contributed by atoms with Crippen LogP contribution >= 0.6 is 0 Å². The molecule has 1 unspecified atom stereocenters. The molecule has 1 fully saturated rings. The van der Waals surface area contributed by atoms with Crippen LogP contribution in [0.4, 0.5) is 9.18 Å². The number of amides is 1. The summed E-state index contributed by atoms with van der Waals surface area (Å²) in [5.41, 5.74) is -0.733. The summed E-state index contributed by atoms with van der Waals surface area (Å²) in [4.78, 5) is 28.6. The Hall–Kier alpha value is -2.38. The number of H-pyrrole nitrogens is 1. The van der Waals surface area contributed by atoms with Crippen LogP contribution < -0.4 is 5.56 Å². The standard InChI is InChI=1S/C16H21FN4O3/c1-16(2,3)24-15(23)20-7-5-4-6-11(20)12-10(17)8-21-13(12)14(22)18-9-19-21/h8-9,11H,4-7H2,1-3H3,(H,18,19,22). The van der Waals surface area contributed by atoms with Crippen LogP contribution in [0.2, 0.25) is 0 Å². The van der Waals surface area contributed by atoms with Crippen molar-refractivity contribution in [3.05, 3.63) is 34.3 Å². The lowest BCUT2D eigenvalue weighted by Gasteiger charge is -2.36. The minimum Gasteiger partial charge on any atom is -0.444 e. The average Bonchev–Trinajstić information content (AvgIpc) is 2.83. The van der Waals surface area contributed by atoms with Crippen molar-refractivity contribution >= 4 is 11.6 Å². The van der Waals surface area contributed by atoms with Gasteiger partial charge in [0, 0.05) is 12.1 Å². The minimum absolute atomic E-state index is 0.135. The highest BCUT2D eigenvalue weighted by molar-refractivity contribution is 5.70. The van der Waals surface area contributed by atoms with Crippen molar-refractivity contribution in [3.8, 4) is 0 Å². The molecule has 0 saturated carbocycles. The van der Waals surface area contributed by atoms with Gasteiger partial charge in [-0.2, -0.15) is 5.10 Å². The van der Waals surface area contributed by atoms with E-state index in [1.54, 1.807) is 20.8 Å². The second-order valence-corrected chi connectivity index (χ2v) is 6.99. The van der Waals surface area contributed by atoms with E-state index < -0.39 is 29.1 Å². The maximum Gasteiger partial charge on any atom is 0.410 e. The van der Waals surface area contributed by atoms with Gasteiger partial charge in [-0.3, -0.25) is 4.79 Å². The van der Waals surface area contributed by atoms with E-state index in [9.17, 15) is 14.0 Å². The quantitative estimate of drug-likeness (QED) is 0.868. The van der Waals surface area contributed by atoms with Crippen LogP contribution in [0, 0.1) is 5.82 Å². The van der Waals surface area contributed by atoms with Gasteiger partial charge in [-0.1, -0.05) is 0 Å². The number of hydrogen-bond donors (Lipinski definition) is 1. The van der Waals surface area contributed by atoms with E-state index in [0.29, 0.717) is 13.0 Å². The second kappa shape index (κ2) is 5.92. The van der Waals surface area contributed by atoms with E-state index in [-0.39, 0.29) is 11.1 Å². The van der Waals surface area contributed by atoms with Gasteiger partial charge in [0.1, 0.15) is 23.3 Å². The molecule has 1 N–H and O–H groups in total. The zero-order valence-electron chi connectivity index (χ0n) is 14.0. The van der Waals surface area contributed by atoms with Crippen LogP contribution in [0.1, 0.15) is 51.6 Å². The molecular weight excluding hydrogens is 315 g/mol. The molecule has 1 amide bonds. The van der Waals surface area contributed by atoms with Gasteiger partial charge in [0.2, 0.25) is 0 Å². The first kappa shape index (κ1) is 16.5. The van der Waals surface area contributed by atoms with Crippen LogP contribution in [0.15, 0.2) is 17.3 Å². The number of nitrogens with zero attached hydrogens (tertiary/aromatic N) is 3. The SMILES string of the molecule is CC(C)(C)OC(=O)N1CCCCC1c1c(F)cn2nc[nH]c(=O)c12. The number of hydrogen-bond acceptors (Lipinski definition) is 4. The molecule has 1 atom stereocenters. The van der Waals surface area contributed by atoms with Gasteiger partial charge >= 0.3 is 6.09 Å². The van der Waals surface area contributed by atoms with E-state index >= 15 is 0 Å². The summed E-state index contributed by atoms with van der Waals surface area (Å²) >= 11 is 0. The average molecular weight is 336 g/mol. The number of nitrogens with one attached hydrogen (secondary N) is 1. The second-order valence-electron chi connectivity index (χ2n) is 6.99. The first-order valence-electron chi connectivity index (χ1n) is 8.02. The number of halogens is 1. The third-order valence-corrected chi connectivity index (χ3v) is 4.03.